The van der Waals surface area contributed by atoms with Crippen LogP contribution in [-0.2, 0) is 5.41 Å². The maximum Gasteiger partial charge on any atom is 0.286 e. The van der Waals surface area contributed by atoms with Crippen molar-refractivity contribution in [3.05, 3.63) is 57.9 Å². The summed E-state index contributed by atoms with van der Waals surface area (Å²) >= 11 is 0. The number of ketones is 1. The van der Waals surface area contributed by atoms with Crippen molar-refractivity contribution in [1.82, 2.24) is 15.8 Å². The summed E-state index contributed by atoms with van der Waals surface area (Å²) < 4.78 is 0. The highest BCUT2D eigenvalue weighted by atomic mass is 16.2. The molecule has 0 unspecified atom stereocenters. The third-order valence-corrected chi connectivity index (χ3v) is 4.32. The van der Waals surface area contributed by atoms with Gasteiger partial charge in [-0.2, -0.15) is 0 Å². The van der Waals surface area contributed by atoms with Crippen molar-refractivity contribution in [2.24, 2.45) is 0 Å². The summed E-state index contributed by atoms with van der Waals surface area (Å²) in [5.41, 5.74) is 8.30. The maximum atomic E-state index is 12.3. The lowest BCUT2D eigenvalue weighted by molar-refractivity contribution is 0.0843. The Morgan fingerprint density at radius 3 is 1.92 bits per heavy atom. The number of hydrogen-bond donors (Lipinski definition) is 3. The average molecular weight is 355 g/mol. The van der Waals surface area contributed by atoms with E-state index in [4.69, 9.17) is 0 Å². The molecule has 2 aromatic rings. The normalized spacial score (nSPS) is 11.2. The second-order valence-corrected chi connectivity index (χ2v) is 7.42. The summed E-state index contributed by atoms with van der Waals surface area (Å²) in [5.74, 6) is -1.03. The van der Waals surface area contributed by atoms with Gasteiger partial charge in [0.25, 0.3) is 11.8 Å². The van der Waals surface area contributed by atoms with Crippen molar-refractivity contribution in [2.45, 2.75) is 47.0 Å². The standard InChI is InChI=1S/C20H25N3O3/c1-11-16(13(3)24)12(2)21-17(11)19(26)23-22-18(25)14-7-9-15(10-8-14)20(4,5)6/h7-10,21H,1-6H3,(H,22,25)(H,23,26). The number of carbonyl (C=O) groups excluding carboxylic acids is 3. The van der Waals surface area contributed by atoms with Crippen molar-refractivity contribution in [1.29, 1.82) is 0 Å². The van der Waals surface area contributed by atoms with E-state index >= 15 is 0 Å². The van der Waals surface area contributed by atoms with Gasteiger partial charge >= 0.3 is 0 Å². The Labute approximate surface area is 153 Å². The Morgan fingerprint density at radius 1 is 0.923 bits per heavy atom. The number of rotatable bonds is 3. The molecule has 0 atom stereocenters. The summed E-state index contributed by atoms with van der Waals surface area (Å²) in [6.07, 6.45) is 0. The van der Waals surface area contributed by atoms with Crippen LogP contribution in [0.4, 0.5) is 0 Å². The molecule has 0 radical (unpaired) electrons. The molecule has 1 heterocycles. The summed E-state index contributed by atoms with van der Waals surface area (Å²) in [5, 5.41) is 0. The van der Waals surface area contributed by atoms with E-state index < -0.39 is 11.8 Å². The van der Waals surface area contributed by atoms with Crippen molar-refractivity contribution in [3.8, 4) is 0 Å². The maximum absolute atomic E-state index is 12.3. The van der Waals surface area contributed by atoms with Crippen LogP contribution in [0.5, 0.6) is 0 Å². The molecule has 2 rings (SSSR count). The zero-order valence-corrected chi connectivity index (χ0v) is 16.0. The van der Waals surface area contributed by atoms with Crippen LogP contribution in [0, 0.1) is 13.8 Å². The van der Waals surface area contributed by atoms with Crippen LogP contribution >= 0.6 is 0 Å². The first-order chi connectivity index (χ1) is 12.0. The third-order valence-electron chi connectivity index (χ3n) is 4.32. The molecule has 0 aliphatic carbocycles. The quantitative estimate of drug-likeness (QED) is 0.583. The van der Waals surface area contributed by atoms with E-state index in [2.05, 4.69) is 36.6 Å². The summed E-state index contributed by atoms with van der Waals surface area (Å²) in [6.45, 7) is 11.2. The molecule has 0 aliphatic rings. The van der Waals surface area contributed by atoms with E-state index in [1.807, 2.05) is 12.1 Å². The lowest BCUT2D eigenvalue weighted by Crippen LogP contribution is -2.42. The van der Waals surface area contributed by atoms with Crippen LogP contribution in [0.25, 0.3) is 0 Å². The number of hydrazine groups is 1. The highest BCUT2D eigenvalue weighted by molar-refractivity contribution is 6.03. The Balaban J connectivity index is 2.07. The van der Waals surface area contributed by atoms with Gasteiger partial charge in [-0.3, -0.25) is 25.2 Å². The van der Waals surface area contributed by atoms with Crippen LogP contribution in [0.3, 0.4) is 0 Å². The van der Waals surface area contributed by atoms with E-state index in [9.17, 15) is 14.4 Å². The summed E-state index contributed by atoms with van der Waals surface area (Å²) in [6, 6.07) is 7.24. The lowest BCUT2D eigenvalue weighted by atomic mass is 9.87. The topological polar surface area (TPSA) is 91.1 Å². The molecular formula is C20H25N3O3. The summed E-state index contributed by atoms with van der Waals surface area (Å²) in [7, 11) is 0. The smallest absolute Gasteiger partial charge is 0.286 e. The first-order valence-electron chi connectivity index (χ1n) is 8.43. The van der Waals surface area contributed by atoms with E-state index in [1.165, 1.54) is 6.92 Å². The third kappa shape index (κ3) is 4.02. The second kappa shape index (κ2) is 7.15. The molecule has 6 nitrogen and oxygen atoms in total. The van der Waals surface area contributed by atoms with Crippen molar-refractivity contribution in [3.63, 3.8) is 0 Å². The number of nitrogens with one attached hydrogen (secondary N) is 3. The van der Waals surface area contributed by atoms with Crippen LogP contribution in [-0.4, -0.2) is 22.6 Å². The Bertz CT molecular complexity index is 856. The molecule has 1 aromatic heterocycles. The number of amides is 2. The highest BCUT2D eigenvalue weighted by Crippen LogP contribution is 2.22. The molecule has 2 amide bonds. The van der Waals surface area contributed by atoms with Crippen LogP contribution in [0.2, 0.25) is 0 Å². The number of aromatic nitrogens is 1. The first-order valence-corrected chi connectivity index (χ1v) is 8.43. The SMILES string of the molecule is CC(=O)c1c(C)[nH]c(C(=O)NNC(=O)c2ccc(C(C)(C)C)cc2)c1C. The van der Waals surface area contributed by atoms with Gasteiger partial charge in [-0.1, -0.05) is 32.9 Å². The van der Waals surface area contributed by atoms with Gasteiger partial charge in [0, 0.05) is 16.8 Å². The van der Waals surface area contributed by atoms with Crippen LogP contribution in [0.15, 0.2) is 24.3 Å². The second-order valence-electron chi connectivity index (χ2n) is 7.42. The van der Waals surface area contributed by atoms with Gasteiger partial charge in [-0.05, 0) is 49.4 Å². The van der Waals surface area contributed by atoms with Gasteiger partial charge < -0.3 is 4.98 Å². The van der Waals surface area contributed by atoms with Crippen molar-refractivity contribution in [2.75, 3.05) is 0 Å². The molecule has 0 saturated heterocycles. The molecule has 0 saturated carbocycles. The zero-order valence-electron chi connectivity index (χ0n) is 16.0. The Kier molecular flexibility index (Phi) is 5.35. The molecule has 138 valence electrons. The summed E-state index contributed by atoms with van der Waals surface area (Å²) in [4.78, 5) is 39.1. The molecular weight excluding hydrogens is 330 g/mol. The van der Waals surface area contributed by atoms with E-state index in [1.54, 1.807) is 26.0 Å². The first kappa shape index (κ1) is 19.4. The van der Waals surface area contributed by atoms with Gasteiger partial charge in [0.05, 0.1) is 0 Å². The predicted octanol–water partition coefficient (Wildman–Crippen LogP) is 3.21. The fraction of sp³-hybridized carbons (Fsp3) is 0.350. The number of aromatic amines is 1. The van der Waals surface area contributed by atoms with Crippen molar-refractivity contribution < 1.29 is 14.4 Å². The molecule has 0 bridgehead atoms. The molecule has 0 spiro atoms. The van der Waals surface area contributed by atoms with E-state index in [0.717, 1.165) is 5.56 Å². The fourth-order valence-corrected chi connectivity index (χ4v) is 2.87. The molecule has 1 aromatic carbocycles. The minimum atomic E-state index is -0.502. The minimum absolute atomic E-state index is 0.000641. The average Bonchev–Trinajstić information content (AvgIpc) is 2.86. The van der Waals surface area contributed by atoms with Gasteiger partial charge in [0.1, 0.15) is 5.69 Å². The molecule has 0 fully saturated rings. The number of aryl methyl sites for hydroxylation is 1. The molecule has 0 aliphatic heterocycles. The number of H-pyrrole nitrogens is 1. The number of hydrogen-bond acceptors (Lipinski definition) is 3. The lowest BCUT2D eigenvalue weighted by Gasteiger charge is -2.19. The van der Waals surface area contributed by atoms with Crippen LogP contribution in [0.1, 0.15) is 75.7 Å². The van der Waals surface area contributed by atoms with Crippen LogP contribution < -0.4 is 10.9 Å². The van der Waals surface area contributed by atoms with Gasteiger partial charge in [0.15, 0.2) is 5.78 Å². The van der Waals surface area contributed by atoms with Gasteiger partial charge in [-0.15, -0.1) is 0 Å². The zero-order chi connectivity index (χ0) is 19.6. The molecule has 3 N–H and O–H groups in total. The largest absolute Gasteiger partial charge is 0.354 e. The van der Waals surface area contributed by atoms with Crippen molar-refractivity contribution >= 4 is 17.6 Å². The number of carbonyl (C=O) groups is 3. The van der Waals surface area contributed by atoms with Gasteiger partial charge in [0.2, 0.25) is 0 Å². The number of benzene rings is 1. The molecule has 26 heavy (non-hydrogen) atoms. The van der Waals surface area contributed by atoms with E-state index in [-0.39, 0.29) is 16.9 Å². The van der Waals surface area contributed by atoms with E-state index in [0.29, 0.717) is 22.4 Å². The predicted molar refractivity (Wildman–Crippen MR) is 100 cm³/mol. The number of Topliss-reactive ketones (excluding diaryl/α,β-unsaturated/α-hetero) is 1. The fourth-order valence-electron chi connectivity index (χ4n) is 2.87. The Hall–Kier alpha value is -2.89. The molecule has 6 heteroatoms. The highest BCUT2D eigenvalue weighted by Gasteiger charge is 2.20. The Morgan fingerprint density at radius 2 is 1.46 bits per heavy atom. The van der Waals surface area contributed by atoms with Gasteiger partial charge in [-0.25, -0.2) is 0 Å². The minimum Gasteiger partial charge on any atom is -0.354 e. The monoisotopic (exact) mass is 355 g/mol.